The molecule has 0 amide bonds. The van der Waals surface area contributed by atoms with Gasteiger partial charge in [-0.05, 0) is 18.2 Å². The van der Waals surface area contributed by atoms with Crippen LogP contribution in [0.25, 0.3) is 10.9 Å². The van der Waals surface area contributed by atoms with Crippen molar-refractivity contribution in [2.24, 2.45) is 0 Å². The predicted molar refractivity (Wildman–Crippen MR) is 75.8 cm³/mol. The highest BCUT2D eigenvalue weighted by molar-refractivity contribution is 6.31. The van der Waals surface area contributed by atoms with Gasteiger partial charge in [0, 0.05) is 47.3 Å². The van der Waals surface area contributed by atoms with E-state index in [1.807, 2.05) is 0 Å². The first kappa shape index (κ1) is 13.5. The Bertz CT molecular complexity index is 693. The number of hydrogen-bond acceptors (Lipinski definition) is 3. The molecule has 1 fully saturated rings. The normalized spacial score (nSPS) is 23.6. The smallest absolute Gasteiger partial charge is 0.189 e. The second kappa shape index (κ2) is 5.16. The molecular weight excluding hydrogens is 283 g/mol. The second-order valence-electron chi connectivity index (χ2n) is 5.13. The first-order chi connectivity index (χ1) is 9.52. The summed E-state index contributed by atoms with van der Waals surface area (Å²) in [7, 11) is 0. The van der Waals surface area contributed by atoms with Crippen LogP contribution < -0.4 is 5.43 Å². The lowest BCUT2D eigenvalue weighted by Crippen LogP contribution is -2.23. The molecule has 2 N–H and O–H groups in total. The number of benzene rings is 1. The van der Waals surface area contributed by atoms with Crippen LogP contribution in [0.15, 0.2) is 29.1 Å². The number of rotatable bonds is 2. The zero-order valence-corrected chi connectivity index (χ0v) is 11.4. The van der Waals surface area contributed by atoms with Gasteiger partial charge < -0.3 is 10.1 Å². The molecule has 1 saturated heterocycles. The molecule has 0 bridgehead atoms. The molecule has 0 spiro atoms. The number of aromatic nitrogens is 1. The van der Waals surface area contributed by atoms with Crippen LogP contribution in [-0.4, -0.2) is 40.4 Å². The SMILES string of the molecule is O=c1cc(CN2C[C@@H](O)[C@H](F)C2)[nH]c2ccc(Cl)cc12. The fraction of sp³-hybridized carbons (Fsp3) is 0.357. The van der Waals surface area contributed by atoms with E-state index in [2.05, 4.69) is 4.98 Å². The van der Waals surface area contributed by atoms with Gasteiger partial charge in [0.05, 0.1) is 6.10 Å². The minimum absolute atomic E-state index is 0.118. The monoisotopic (exact) mass is 296 g/mol. The number of aliphatic hydroxyl groups is 1. The summed E-state index contributed by atoms with van der Waals surface area (Å²) in [6.07, 6.45) is -2.16. The molecule has 0 saturated carbocycles. The number of hydrogen-bond donors (Lipinski definition) is 2. The number of fused-ring (bicyclic) bond motifs is 1. The third-order valence-corrected chi connectivity index (χ3v) is 3.77. The van der Waals surface area contributed by atoms with Crippen molar-refractivity contribution in [3.63, 3.8) is 0 Å². The van der Waals surface area contributed by atoms with Crippen molar-refractivity contribution in [3.05, 3.63) is 45.2 Å². The Hall–Kier alpha value is -1.43. The van der Waals surface area contributed by atoms with Crippen molar-refractivity contribution < 1.29 is 9.50 Å². The Morgan fingerprint density at radius 1 is 1.40 bits per heavy atom. The molecular formula is C14H14ClFN2O2. The van der Waals surface area contributed by atoms with Gasteiger partial charge in [-0.1, -0.05) is 11.6 Å². The molecule has 2 heterocycles. The van der Waals surface area contributed by atoms with Crippen LogP contribution >= 0.6 is 11.6 Å². The topological polar surface area (TPSA) is 56.3 Å². The molecule has 0 unspecified atom stereocenters. The number of likely N-dealkylation sites (tertiary alicyclic amines) is 1. The fourth-order valence-electron chi connectivity index (χ4n) is 2.55. The molecule has 20 heavy (non-hydrogen) atoms. The van der Waals surface area contributed by atoms with E-state index in [9.17, 15) is 14.3 Å². The van der Waals surface area contributed by atoms with Gasteiger partial charge in [0.1, 0.15) is 6.17 Å². The Labute approximate surface area is 119 Å². The van der Waals surface area contributed by atoms with Crippen LogP contribution in [0.3, 0.4) is 0 Å². The molecule has 1 aliphatic heterocycles. The second-order valence-corrected chi connectivity index (χ2v) is 5.56. The number of pyridine rings is 1. The van der Waals surface area contributed by atoms with E-state index in [4.69, 9.17) is 11.6 Å². The molecule has 1 aromatic heterocycles. The van der Waals surface area contributed by atoms with Crippen LogP contribution in [0.1, 0.15) is 5.69 Å². The number of alkyl halides is 1. The van der Waals surface area contributed by atoms with Gasteiger partial charge in [-0.15, -0.1) is 0 Å². The summed E-state index contributed by atoms with van der Waals surface area (Å²) in [4.78, 5) is 17.0. The molecule has 106 valence electrons. The van der Waals surface area contributed by atoms with Gasteiger partial charge in [-0.2, -0.15) is 0 Å². The average Bonchev–Trinajstić information content (AvgIpc) is 2.69. The lowest BCUT2D eigenvalue weighted by molar-refractivity contribution is 0.115. The number of nitrogens with one attached hydrogen (secondary N) is 1. The summed E-state index contributed by atoms with van der Waals surface area (Å²) in [5.41, 5.74) is 1.28. The van der Waals surface area contributed by atoms with Gasteiger partial charge >= 0.3 is 0 Å². The standard InChI is InChI=1S/C14H14ClFN2O2/c15-8-1-2-12-10(3-8)13(19)4-9(17-12)5-18-6-11(16)14(20)7-18/h1-4,11,14,20H,5-7H2,(H,17,19)/t11-,14-/m1/s1. The maximum absolute atomic E-state index is 13.3. The summed E-state index contributed by atoms with van der Waals surface area (Å²) in [5.74, 6) is 0. The Balaban J connectivity index is 1.90. The van der Waals surface area contributed by atoms with Crippen molar-refractivity contribution in [3.8, 4) is 0 Å². The van der Waals surface area contributed by atoms with E-state index in [1.54, 1.807) is 23.1 Å². The Kier molecular flexibility index (Phi) is 3.50. The summed E-state index contributed by atoms with van der Waals surface area (Å²) < 4.78 is 13.3. The van der Waals surface area contributed by atoms with E-state index in [1.165, 1.54) is 6.07 Å². The number of nitrogens with zero attached hydrogens (tertiary/aromatic N) is 1. The van der Waals surface area contributed by atoms with E-state index in [0.29, 0.717) is 28.2 Å². The average molecular weight is 297 g/mol. The van der Waals surface area contributed by atoms with Gasteiger partial charge in [-0.25, -0.2) is 4.39 Å². The number of halogens is 2. The molecule has 2 atom stereocenters. The molecule has 6 heteroatoms. The Morgan fingerprint density at radius 3 is 2.90 bits per heavy atom. The minimum atomic E-state index is -1.22. The van der Waals surface area contributed by atoms with E-state index in [0.717, 1.165) is 0 Å². The third-order valence-electron chi connectivity index (χ3n) is 3.54. The van der Waals surface area contributed by atoms with E-state index < -0.39 is 12.3 Å². The highest BCUT2D eigenvalue weighted by Crippen LogP contribution is 2.18. The summed E-state index contributed by atoms with van der Waals surface area (Å²) in [6.45, 7) is 0.870. The molecule has 0 aliphatic carbocycles. The van der Waals surface area contributed by atoms with Crippen LogP contribution in [0.4, 0.5) is 4.39 Å². The van der Waals surface area contributed by atoms with Crippen molar-refractivity contribution in [2.75, 3.05) is 13.1 Å². The van der Waals surface area contributed by atoms with Crippen LogP contribution in [-0.2, 0) is 6.54 Å². The van der Waals surface area contributed by atoms with Gasteiger partial charge in [0.2, 0.25) is 0 Å². The van der Waals surface area contributed by atoms with Crippen molar-refractivity contribution in [1.82, 2.24) is 9.88 Å². The fourth-order valence-corrected chi connectivity index (χ4v) is 2.72. The zero-order valence-electron chi connectivity index (χ0n) is 10.6. The first-order valence-corrected chi connectivity index (χ1v) is 6.76. The van der Waals surface area contributed by atoms with Gasteiger partial charge in [0.15, 0.2) is 5.43 Å². The molecule has 0 radical (unpaired) electrons. The molecule has 2 aromatic rings. The van der Waals surface area contributed by atoms with E-state index in [-0.39, 0.29) is 18.5 Å². The number of aliphatic hydroxyl groups excluding tert-OH is 1. The number of H-pyrrole nitrogens is 1. The summed E-state index contributed by atoms with van der Waals surface area (Å²) >= 11 is 5.87. The molecule has 1 aromatic carbocycles. The quantitative estimate of drug-likeness (QED) is 0.887. The summed E-state index contributed by atoms with van der Waals surface area (Å²) in [6, 6.07) is 6.58. The van der Waals surface area contributed by atoms with Gasteiger partial charge in [-0.3, -0.25) is 9.69 Å². The van der Waals surface area contributed by atoms with Crippen molar-refractivity contribution >= 4 is 22.5 Å². The van der Waals surface area contributed by atoms with Crippen LogP contribution in [0, 0.1) is 0 Å². The van der Waals surface area contributed by atoms with E-state index >= 15 is 0 Å². The molecule has 1 aliphatic rings. The third kappa shape index (κ3) is 2.57. The largest absolute Gasteiger partial charge is 0.389 e. The maximum atomic E-state index is 13.3. The zero-order chi connectivity index (χ0) is 14.3. The Morgan fingerprint density at radius 2 is 2.20 bits per heavy atom. The lowest BCUT2D eigenvalue weighted by atomic mass is 10.2. The molecule has 3 rings (SSSR count). The minimum Gasteiger partial charge on any atom is -0.389 e. The molecule has 4 nitrogen and oxygen atoms in total. The van der Waals surface area contributed by atoms with Crippen molar-refractivity contribution in [1.29, 1.82) is 0 Å². The summed E-state index contributed by atoms with van der Waals surface area (Å²) in [5, 5.41) is 10.4. The van der Waals surface area contributed by atoms with Crippen LogP contribution in [0.2, 0.25) is 5.02 Å². The highest BCUT2D eigenvalue weighted by Gasteiger charge is 2.31. The van der Waals surface area contributed by atoms with Crippen LogP contribution in [0.5, 0.6) is 0 Å². The lowest BCUT2D eigenvalue weighted by Gasteiger charge is -2.14. The highest BCUT2D eigenvalue weighted by atomic mass is 35.5. The van der Waals surface area contributed by atoms with Gasteiger partial charge in [0.25, 0.3) is 0 Å². The van der Waals surface area contributed by atoms with Crippen molar-refractivity contribution in [2.45, 2.75) is 18.8 Å². The first-order valence-electron chi connectivity index (χ1n) is 6.39. The predicted octanol–water partition coefficient (Wildman–Crippen LogP) is 1.70. The maximum Gasteiger partial charge on any atom is 0.189 e. The number of aromatic amines is 1. The number of β-amino-alcohol motifs (C(OH)–C–C–N with tert-alkyl or cyclic N) is 1.